The Morgan fingerprint density at radius 3 is 2.95 bits per heavy atom. The van der Waals surface area contributed by atoms with Crippen molar-refractivity contribution < 1.29 is 9.53 Å². The number of methoxy groups -OCH3 is 1. The highest BCUT2D eigenvalue weighted by atomic mass is 16.5. The molecule has 0 unspecified atom stereocenters. The van der Waals surface area contributed by atoms with E-state index in [1.807, 2.05) is 26.2 Å². The summed E-state index contributed by atoms with van der Waals surface area (Å²) in [5, 5.41) is 7.31. The molecule has 0 saturated heterocycles. The Hall–Kier alpha value is -2.24. The molecular weight excluding hydrogens is 280 g/mol. The third kappa shape index (κ3) is 2.49. The predicted molar refractivity (Wildman–Crippen MR) is 83.1 cm³/mol. The van der Waals surface area contributed by atoms with Crippen LogP contribution in [0.1, 0.15) is 52.5 Å². The summed E-state index contributed by atoms with van der Waals surface area (Å²) in [5.41, 5.74) is 3.61. The number of aryl methyl sites for hydroxylation is 2. The van der Waals surface area contributed by atoms with Crippen LogP contribution in [0.25, 0.3) is 0 Å². The van der Waals surface area contributed by atoms with E-state index in [1.165, 1.54) is 6.42 Å². The van der Waals surface area contributed by atoms with E-state index in [9.17, 15) is 4.79 Å². The Kier molecular flexibility index (Phi) is 3.92. The highest BCUT2D eigenvalue weighted by Crippen LogP contribution is 2.37. The second kappa shape index (κ2) is 5.87. The first-order chi connectivity index (χ1) is 10.6. The Labute approximate surface area is 129 Å². The highest BCUT2D eigenvalue weighted by Gasteiger charge is 2.25. The minimum absolute atomic E-state index is 0.0477. The van der Waals surface area contributed by atoms with Crippen molar-refractivity contribution in [3.8, 4) is 5.88 Å². The predicted octanol–water partition coefficient (Wildman–Crippen LogP) is 2.26. The zero-order valence-electron chi connectivity index (χ0n) is 13.3. The van der Waals surface area contributed by atoms with Gasteiger partial charge in [-0.15, -0.1) is 0 Å². The summed E-state index contributed by atoms with van der Waals surface area (Å²) >= 11 is 0. The highest BCUT2D eigenvalue weighted by molar-refractivity contribution is 5.95. The molecule has 0 bridgehead atoms. The van der Waals surface area contributed by atoms with Crippen LogP contribution in [0.5, 0.6) is 5.88 Å². The Morgan fingerprint density at radius 1 is 1.55 bits per heavy atom. The standard InChI is InChI=1S/C16H22N4O2/c1-10-13(16(22-3)20(2)19-10)9-18-15(21)12-7-8-17-14(12)11-5-4-6-11/h7-8,11,17H,4-6,9H2,1-3H3,(H,18,21). The molecule has 6 nitrogen and oxygen atoms in total. The van der Waals surface area contributed by atoms with Crippen molar-refractivity contribution in [2.45, 2.75) is 38.6 Å². The minimum atomic E-state index is -0.0477. The molecule has 0 spiro atoms. The van der Waals surface area contributed by atoms with Gasteiger partial charge in [-0.3, -0.25) is 4.79 Å². The number of nitrogens with one attached hydrogen (secondary N) is 2. The van der Waals surface area contributed by atoms with E-state index in [4.69, 9.17) is 4.74 Å². The van der Waals surface area contributed by atoms with Crippen molar-refractivity contribution in [1.82, 2.24) is 20.1 Å². The summed E-state index contributed by atoms with van der Waals surface area (Å²) in [6.07, 6.45) is 5.42. The van der Waals surface area contributed by atoms with Crippen molar-refractivity contribution in [3.63, 3.8) is 0 Å². The van der Waals surface area contributed by atoms with Crippen LogP contribution in [0.2, 0.25) is 0 Å². The quantitative estimate of drug-likeness (QED) is 0.890. The third-order valence-electron chi connectivity index (χ3n) is 4.44. The van der Waals surface area contributed by atoms with Crippen LogP contribution in [0, 0.1) is 6.92 Å². The van der Waals surface area contributed by atoms with Gasteiger partial charge in [-0.25, -0.2) is 4.68 Å². The summed E-state index contributed by atoms with van der Waals surface area (Å²) in [5.74, 6) is 1.14. The van der Waals surface area contributed by atoms with E-state index in [1.54, 1.807) is 11.8 Å². The van der Waals surface area contributed by atoms with Crippen LogP contribution >= 0.6 is 0 Å². The molecule has 6 heteroatoms. The fourth-order valence-corrected chi connectivity index (χ4v) is 3.02. The molecular formula is C16H22N4O2. The summed E-state index contributed by atoms with van der Waals surface area (Å²) in [6.45, 7) is 2.33. The van der Waals surface area contributed by atoms with E-state index in [-0.39, 0.29) is 5.91 Å². The van der Waals surface area contributed by atoms with Gasteiger partial charge in [0.25, 0.3) is 5.91 Å². The number of ether oxygens (including phenoxy) is 1. The molecule has 0 aliphatic heterocycles. The maximum atomic E-state index is 12.5. The topological polar surface area (TPSA) is 71.9 Å². The van der Waals surface area contributed by atoms with Crippen molar-refractivity contribution in [3.05, 3.63) is 34.8 Å². The molecule has 1 aliphatic carbocycles. The van der Waals surface area contributed by atoms with Crippen molar-refractivity contribution in [2.75, 3.05) is 7.11 Å². The summed E-state index contributed by atoms with van der Waals surface area (Å²) in [4.78, 5) is 15.7. The van der Waals surface area contributed by atoms with Gasteiger partial charge in [0.2, 0.25) is 5.88 Å². The number of rotatable bonds is 5. The molecule has 0 atom stereocenters. The number of carbonyl (C=O) groups excluding carboxylic acids is 1. The molecule has 1 aliphatic rings. The average molecular weight is 302 g/mol. The molecule has 0 radical (unpaired) electrons. The fraction of sp³-hybridized carbons (Fsp3) is 0.500. The Balaban J connectivity index is 1.72. The first kappa shape index (κ1) is 14.7. The largest absolute Gasteiger partial charge is 0.481 e. The number of amides is 1. The number of aromatic nitrogens is 3. The van der Waals surface area contributed by atoms with Gasteiger partial charge in [-0.2, -0.15) is 5.10 Å². The molecule has 1 fully saturated rings. The Bertz CT molecular complexity index is 682. The van der Waals surface area contributed by atoms with Crippen LogP contribution in [-0.2, 0) is 13.6 Å². The van der Waals surface area contributed by atoms with Gasteiger partial charge >= 0.3 is 0 Å². The molecule has 118 valence electrons. The van der Waals surface area contributed by atoms with Gasteiger partial charge in [0.15, 0.2) is 0 Å². The third-order valence-corrected chi connectivity index (χ3v) is 4.44. The molecule has 2 N–H and O–H groups in total. The molecule has 1 saturated carbocycles. The number of H-pyrrole nitrogens is 1. The van der Waals surface area contributed by atoms with Crippen LogP contribution in [-0.4, -0.2) is 27.8 Å². The molecule has 2 heterocycles. The summed E-state index contributed by atoms with van der Waals surface area (Å²) < 4.78 is 7.04. The van der Waals surface area contributed by atoms with Crippen molar-refractivity contribution >= 4 is 5.91 Å². The van der Waals surface area contributed by atoms with Gasteiger partial charge in [-0.1, -0.05) is 6.42 Å². The SMILES string of the molecule is COc1c(CNC(=O)c2cc[nH]c2C2CCC2)c(C)nn1C. The lowest BCUT2D eigenvalue weighted by atomic mass is 9.81. The second-order valence-electron chi connectivity index (χ2n) is 5.81. The maximum Gasteiger partial charge on any atom is 0.253 e. The summed E-state index contributed by atoms with van der Waals surface area (Å²) in [6, 6.07) is 1.86. The Morgan fingerprint density at radius 2 is 2.32 bits per heavy atom. The lowest BCUT2D eigenvalue weighted by Crippen LogP contribution is -2.25. The van der Waals surface area contributed by atoms with Crippen molar-refractivity contribution in [2.24, 2.45) is 7.05 Å². The van der Waals surface area contributed by atoms with E-state index in [0.717, 1.165) is 35.4 Å². The number of carbonyl (C=O) groups is 1. The van der Waals surface area contributed by atoms with Crippen LogP contribution in [0.4, 0.5) is 0 Å². The second-order valence-corrected chi connectivity index (χ2v) is 5.81. The van der Waals surface area contributed by atoms with E-state index >= 15 is 0 Å². The van der Waals surface area contributed by atoms with E-state index in [0.29, 0.717) is 18.3 Å². The molecule has 0 aromatic carbocycles. The summed E-state index contributed by atoms with van der Waals surface area (Å²) in [7, 11) is 3.45. The van der Waals surface area contributed by atoms with Crippen LogP contribution in [0.15, 0.2) is 12.3 Å². The smallest absolute Gasteiger partial charge is 0.253 e. The van der Waals surface area contributed by atoms with Crippen LogP contribution in [0.3, 0.4) is 0 Å². The minimum Gasteiger partial charge on any atom is -0.481 e. The zero-order valence-corrected chi connectivity index (χ0v) is 13.3. The van der Waals surface area contributed by atoms with E-state index in [2.05, 4.69) is 15.4 Å². The van der Waals surface area contributed by atoms with Gasteiger partial charge in [0.1, 0.15) is 0 Å². The van der Waals surface area contributed by atoms with E-state index < -0.39 is 0 Å². The lowest BCUT2D eigenvalue weighted by Gasteiger charge is -2.25. The first-order valence-corrected chi connectivity index (χ1v) is 7.63. The van der Waals surface area contributed by atoms with Gasteiger partial charge in [-0.05, 0) is 31.7 Å². The molecule has 2 aromatic heterocycles. The monoisotopic (exact) mass is 302 g/mol. The molecule has 3 rings (SSSR count). The average Bonchev–Trinajstić information content (AvgIpc) is 2.99. The number of aromatic amines is 1. The fourth-order valence-electron chi connectivity index (χ4n) is 3.02. The van der Waals surface area contributed by atoms with Gasteiger partial charge in [0.05, 0.1) is 30.5 Å². The number of hydrogen-bond acceptors (Lipinski definition) is 3. The van der Waals surface area contributed by atoms with Gasteiger partial charge in [0, 0.05) is 18.9 Å². The normalized spacial score (nSPS) is 14.7. The lowest BCUT2D eigenvalue weighted by molar-refractivity contribution is 0.0948. The number of nitrogens with zero attached hydrogens (tertiary/aromatic N) is 2. The van der Waals surface area contributed by atoms with Gasteiger partial charge < -0.3 is 15.0 Å². The van der Waals surface area contributed by atoms with Crippen LogP contribution < -0.4 is 10.1 Å². The zero-order chi connectivity index (χ0) is 15.7. The molecule has 2 aromatic rings. The van der Waals surface area contributed by atoms with Crippen molar-refractivity contribution in [1.29, 1.82) is 0 Å². The maximum absolute atomic E-state index is 12.5. The molecule has 22 heavy (non-hydrogen) atoms. The number of hydrogen-bond donors (Lipinski definition) is 2. The molecule has 1 amide bonds. The first-order valence-electron chi connectivity index (χ1n) is 7.63.